The first-order chi connectivity index (χ1) is 50.6. The molecule has 12 aliphatic rings. The lowest BCUT2D eigenvalue weighted by molar-refractivity contribution is -0.0435. The van der Waals surface area contributed by atoms with Crippen LogP contribution in [0.3, 0.4) is 0 Å². The minimum atomic E-state index is -0.0162. The molecule has 13 atom stereocenters. The quantitative estimate of drug-likeness (QED) is 0.101. The Balaban J connectivity index is 0.000000600. The number of hydrogen-bond donors (Lipinski definition) is 6. The fraction of sp³-hybridized carbons (Fsp3) is 1.00. The van der Waals surface area contributed by atoms with Crippen LogP contribution in [0.2, 0.25) is 0 Å². The summed E-state index contributed by atoms with van der Waals surface area (Å²) in [4.78, 5) is 0. The Hall–Kier alpha value is -0.280. The van der Waals surface area contributed by atoms with E-state index in [2.05, 4.69) is 180 Å². The van der Waals surface area contributed by atoms with Crippen molar-refractivity contribution < 1.29 is 35.4 Å². The van der Waals surface area contributed by atoms with E-state index in [4.69, 9.17) is 9.84 Å². The Morgan fingerprint density at radius 2 is 0.670 bits per heavy atom. The van der Waals surface area contributed by atoms with E-state index in [1.165, 1.54) is 218 Å². The zero-order valence-corrected chi connectivity index (χ0v) is 77.9. The highest BCUT2D eigenvalue weighted by Gasteiger charge is 2.48. The Morgan fingerprint density at radius 3 is 0.945 bits per heavy atom. The molecule has 654 valence electrons. The molecule has 1 saturated heterocycles. The van der Waals surface area contributed by atoms with Crippen molar-refractivity contribution in [1.82, 2.24) is 0 Å². The highest BCUT2D eigenvalue weighted by atomic mass is 16.5. The van der Waals surface area contributed by atoms with Crippen LogP contribution >= 0.6 is 0 Å². The van der Waals surface area contributed by atoms with Gasteiger partial charge in [0.2, 0.25) is 0 Å². The molecular weight excluding hydrogens is 1340 g/mol. The van der Waals surface area contributed by atoms with Crippen LogP contribution in [0.1, 0.15) is 464 Å². The second-order valence-electron chi connectivity index (χ2n) is 44.0. The van der Waals surface area contributed by atoms with E-state index in [0.717, 1.165) is 97.4 Å². The summed E-state index contributed by atoms with van der Waals surface area (Å²) in [6.45, 7) is 61.0. The molecule has 1 aliphatic heterocycles. The largest absolute Gasteiger partial charge is 0.396 e. The predicted octanol–water partition coefficient (Wildman–Crippen LogP) is 29.4. The van der Waals surface area contributed by atoms with Crippen molar-refractivity contribution >= 4 is 0 Å². The summed E-state index contributed by atoms with van der Waals surface area (Å²) in [5.41, 5.74) is 2.44. The predicted molar refractivity (Wildman–Crippen MR) is 479 cm³/mol. The van der Waals surface area contributed by atoms with E-state index in [9.17, 15) is 25.5 Å². The molecule has 13 unspecified atom stereocenters. The zero-order chi connectivity index (χ0) is 81.5. The summed E-state index contributed by atoms with van der Waals surface area (Å²) in [5.74, 6) is 15.5. The Kier molecular flexibility index (Phi) is 55.1. The van der Waals surface area contributed by atoms with Gasteiger partial charge in [-0.1, -0.05) is 316 Å². The molecule has 109 heavy (non-hydrogen) atoms. The monoisotopic (exact) mass is 1540 g/mol. The smallest absolute Gasteiger partial charge is 0.0578 e. The van der Waals surface area contributed by atoms with E-state index in [-0.39, 0.29) is 37.9 Å². The highest BCUT2D eigenvalue weighted by Crippen LogP contribution is 2.60. The fourth-order valence-electron chi connectivity index (χ4n) is 21.8. The number of rotatable bonds is 13. The maximum Gasteiger partial charge on any atom is 0.0578 e. The Bertz CT molecular complexity index is 2080. The van der Waals surface area contributed by atoms with Gasteiger partial charge in [-0.25, -0.2) is 0 Å². The van der Waals surface area contributed by atoms with Gasteiger partial charge in [-0.15, -0.1) is 0 Å². The lowest BCUT2D eigenvalue weighted by atomic mass is 9.50. The molecule has 12 rings (SSSR count). The number of aliphatic hydroxyl groups is 6. The topological polar surface area (TPSA) is 131 Å². The lowest BCUT2D eigenvalue weighted by Crippen LogP contribution is -2.44. The average Bonchev–Trinajstić information content (AvgIpc) is 1.25. The summed E-state index contributed by atoms with van der Waals surface area (Å²) in [5, 5.41) is 56.4. The zero-order valence-electron chi connectivity index (χ0n) is 77.9. The van der Waals surface area contributed by atoms with E-state index in [1.54, 1.807) is 25.7 Å². The normalized spacial score (nSPS) is 30.9. The van der Waals surface area contributed by atoms with Gasteiger partial charge in [-0.3, -0.25) is 0 Å². The SMILES string of the molecule is C.CC(C)C1(CO)CCCC1.CC(C)C1CC2(CCC2)C1.CC(C)C1CCC1O.CC(C)C1CCCC(C)(C)C1.CC(C)C1CCCC1O.CC(C)C1CCCCC1.CC(C)C1CCCCC1(C)C.CC(C)C1CCCCC1O.CC(C)C1CCCCC1O.CC(C)C1CCCCCC1O.CC(C)CC1CCCO1. The van der Waals surface area contributed by atoms with Crippen LogP contribution in [0, 0.1) is 140 Å². The van der Waals surface area contributed by atoms with Crippen LogP contribution in [0.15, 0.2) is 0 Å². The molecule has 0 aromatic carbocycles. The minimum absolute atomic E-state index is 0. The first kappa shape index (κ1) is 107. The molecule has 6 N–H and O–H groups in total. The number of hydrogen-bond acceptors (Lipinski definition) is 7. The molecule has 0 aromatic heterocycles. The van der Waals surface area contributed by atoms with Gasteiger partial charge < -0.3 is 35.4 Å². The van der Waals surface area contributed by atoms with Crippen LogP contribution < -0.4 is 0 Å². The Morgan fingerprint density at radius 1 is 0.303 bits per heavy atom. The van der Waals surface area contributed by atoms with Gasteiger partial charge in [0.1, 0.15) is 0 Å². The van der Waals surface area contributed by atoms with Crippen molar-refractivity contribution in [2.45, 2.75) is 500 Å². The molecule has 11 aliphatic carbocycles. The molecule has 11 saturated carbocycles. The standard InChI is InChI=1S/2C11H22.C10H20O.C10H18.3C9H18O.C9H18.2C8H16O.C7H14O.CH4/c1-9(2)10-6-5-7-11(3,4)8-10;1-9(2)10-7-5-6-8-11(10,3)4;1-8(2)9-6-4-3-5-7-10(9)11;1-8(2)9-6-10(7-9)4-3-5-10;1-8(2)9(7-10)5-3-4-6-9;2*1-7(2)8-5-3-4-6-9(8)10;1-8(2)9-6-4-3-5-7-9;1-7(2)6-8-4-3-5-9-8;1-6(2)7-4-3-5-8(7)9;1-5(2)6-3-4-7(6)8;/h2*9-10H,5-8H2,1-4H3;8-11H,3-7H2,1-2H3;8-9H,3-7H2,1-2H3;8,10H,3-7H2,1-2H3;2*7-10H,3-6H2,1-2H3;8-9H,3-7H2,1-2H3;7-8H,3-6H2,1-2H3;6-9H,3-5H2,1-2H3;5-8H,3-4H2,1-2H3;1H4. The van der Waals surface area contributed by atoms with Gasteiger partial charge in [-0.2, -0.15) is 0 Å². The van der Waals surface area contributed by atoms with Crippen molar-refractivity contribution in [3.8, 4) is 0 Å². The van der Waals surface area contributed by atoms with E-state index < -0.39 is 0 Å². The second kappa shape index (κ2) is 56.2. The maximum absolute atomic E-state index is 9.72. The number of aliphatic hydroxyl groups excluding tert-OH is 6. The molecule has 0 aromatic rings. The third-order valence-corrected chi connectivity index (χ3v) is 30.5. The number of ether oxygens (including phenoxy) is 1. The molecular formula is C102H204O7. The van der Waals surface area contributed by atoms with Crippen molar-refractivity contribution in [2.24, 2.45) is 140 Å². The van der Waals surface area contributed by atoms with Gasteiger partial charge in [0, 0.05) is 13.2 Å². The van der Waals surface area contributed by atoms with Gasteiger partial charge in [0.15, 0.2) is 0 Å². The van der Waals surface area contributed by atoms with Crippen LogP contribution in [0.25, 0.3) is 0 Å². The first-order valence-electron chi connectivity index (χ1n) is 48.3. The highest BCUT2D eigenvalue weighted by molar-refractivity contribution is 5.00. The summed E-state index contributed by atoms with van der Waals surface area (Å²) in [6, 6.07) is 0. The van der Waals surface area contributed by atoms with Crippen molar-refractivity contribution in [3.63, 3.8) is 0 Å². The van der Waals surface area contributed by atoms with E-state index in [1.807, 2.05) is 0 Å². The second-order valence-corrected chi connectivity index (χ2v) is 44.0. The van der Waals surface area contributed by atoms with Crippen molar-refractivity contribution in [2.75, 3.05) is 13.2 Å². The summed E-state index contributed by atoms with van der Waals surface area (Å²) in [6.07, 6.45) is 57.9. The average molecular weight is 1540 g/mol. The lowest BCUT2D eigenvalue weighted by Gasteiger charge is -2.55. The summed E-state index contributed by atoms with van der Waals surface area (Å²) >= 11 is 0. The van der Waals surface area contributed by atoms with E-state index >= 15 is 0 Å². The first-order valence-corrected chi connectivity index (χ1v) is 48.3. The molecule has 7 nitrogen and oxygen atoms in total. The molecule has 12 fully saturated rings. The van der Waals surface area contributed by atoms with E-state index in [0.29, 0.717) is 94.1 Å². The van der Waals surface area contributed by atoms with Gasteiger partial charge in [0.05, 0.1) is 36.6 Å². The van der Waals surface area contributed by atoms with Crippen molar-refractivity contribution in [1.29, 1.82) is 0 Å². The maximum atomic E-state index is 9.72. The summed E-state index contributed by atoms with van der Waals surface area (Å²) in [7, 11) is 0. The fourth-order valence-corrected chi connectivity index (χ4v) is 21.8. The van der Waals surface area contributed by atoms with Crippen LogP contribution in [-0.4, -0.2) is 80.5 Å². The van der Waals surface area contributed by atoms with Crippen molar-refractivity contribution in [3.05, 3.63) is 0 Å². The Labute approximate surface area is 684 Å². The molecule has 1 spiro atoms. The molecule has 1 heterocycles. The molecule has 0 radical (unpaired) electrons. The van der Waals surface area contributed by atoms with Crippen LogP contribution in [-0.2, 0) is 4.74 Å². The van der Waals surface area contributed by atoms with Gasteiger partial charge in [0.25, 0.3) is 0 Å². The minimum Gasteiger partial charge on any atom is -0.396 e. The van der Waals surface area contributed by atoms with Gasteiger partial charge >= 0.3 is 0 Å². The van der Waals surface area contributed by atoms with Crippen LogP contribution in [0.4, 0.5) is 0 Å². The molecule has 0 bridgehead atoms. The molecule has 7 heteroatoms. The molecule has 0 amide bonds. The third kappa shape index (κ3) is 41.8. The summed E-state index contributed by atoms with van der Waals surface area (Å²) < 4.78 is 5.46. The van der Waals surface area contributed by atoms with Gasteiger partial charge in [-0.05, 0) is 288 Å². The third-order valence-electron chi connectivity index (χ3n) is 30.5. The van der Waals surface area contributed by atoms with Crippen LogP contribution in [0.5, 0.6) is 0 Å².